The maximum atomic E-state index is 13.3. The zero-order chi connectivity index (χ0) is 25.0. The average Bonchev–Trinajstić information content (AvgIpc) is 3.28. The van der Waals surface area contributed by atoms with Gasteiger partial charge in [-0.25, -0.2) is 14.2 Å². The topological polar surface area (TPSA) is 120 Å². The smallest absolute Gasteiger partial charge is 0.379 e. The highest BCUT2D eigenvalue weighted by molar-refractivity contribution is 14.1. The fraction of sp³-hybridized carbons (Fsp3) is 0.182. The second kappa shape index (κ2) is 14.0. The van der Waals surface area contributed by atoms with Crippen LogP contribution in [0.25, 0.3) is 17.1 Å². The fourth-order valence-corrected chi connectivity index (χ4v) is 3.52. The van der Waals surface area contributed by atoms with Crippen LogP contribution in [0.3, 0.4) is 0 Å². The highest BCUT2D eigenvalue weighted by atomic mass is 127. The van der Waals surface area contributed by atoms with Crippen molar-refractivity contribution in [1.82, 2.24) is 25.5 Å². The molecule has 0 bridgehead atoms. The van der Waals surface area contributed by atoms with Crippen LogP contribution in [0.1, 0.15) is 36.8 Å². The van der Waals surface area contributed by atoms with Gasteiger partial charge in [-0.1, -0.05) is 19.9 Å². The van der Waals surface area contributed by atoms with Crippen LogP contribution in [0.4, 0.5) is 4.39 Å². The van der Waals surface area contributed by atoms with Gasteiger partial charge in [-0.05, 0) is 36.8 Å². The number of nitrogens with one attached hydrogen (secondary N) is 3. The predicted molar refractivity (Wildman–Crippen MR) is 139 cm³/mol. The number of fused-ring (bicyclic) bond motifs is 2. The van der Waals surface area contributed by atoms with Gasteiger partial charge in [0.2, 0.25) is 0 Å². The summed E-state index contributed by atoms with van der Waals surface area (Å²) in [4.78, 5) is 33.1. The highest BCUT2D eigenvalue weighted by Gasteiger charge is 2.26. The van der Waals surface area contributed by atoms with Crippen LogP contribution in [0, 0.1) is 5.82 Å². The summed E-state index contributed by atoms with van der Waals surface area (Å²) in [6.45, 7) is 12.4. The summed E-state index contributed by atoms with van der Waals surface area (Å²) in [5, 5.41) is 14.6. The summed E-state index contributed by atoms with van der Waals surface area (Å²) in [5.41, 5.74) is 2.66. The van der Waals surface area contributed by atoms with Gasteiger partial charge >= 0.3 is 10.7 Å². The molecule has 1 amide bonds. The molecule has 0 radical (unpaired) electrons. The van der Waals surface area contributed by atoms with E-state index in [0.29, 0.717) is 23.3 Å². The molecule has 11 heteroatoms. The lowest BCUT2D eigenvalue weighted by molar-refractivity contribution is -0.132. The van der Waals surface area contributed by atoms with Gasteiger partial charge in [0.25, 0.3) is 5.91 Å². The molecule has 0 saturated heterocycles. The lowest BCUT2D eigenvalue weighted by Crippen LogP contribution is -2.46. The Morgan fingerprint density at radius 2 is 1.94 bits per heavy atom. The largest absolute Gasteiger partial charge is 0.477 e. The molecule has 8 nitrogen and oxygen atoms in total. The van der Waals surface area contributed by atoms with E-state index in [0.717, 1.165) is 11.2 Å². The molecular formula is C22H26BFIN5O3. The number of carboxylic acid groups (broad SMARTS) is 1. The SMILES string of the molecule is C=C.CC.CCNC(=O)c1cc2c(F)ccnc2[nH]1.O=C(O)C1=Cc2cccnc2B(I)N1. The van der Waals surface area contributed by atoms with Crippen molar-refractivity contribution >= 4 is 61.7 Å². The number of pyridine rings is 2. The van der Waals surface area contributed by atoms with E-state index in [1.165, 1.54) is 18.3 Å². The molecule has 0 atom stereocenters. The first-order valence-corrected chi connectivity index (χ1v) is 11.4. The molecule has 4 rings (SSSR count). The third kappa shape index (κ3) is 7.41. The highest BCUT2D eigenvalue weighted by Crippen LogP contribution is 2.16. The molecule has 0 aromatic carbocycles. The van der Waals surface area contributed by atoms with Crippen molar-refractivity contribution < 1.29 is 19.1 Å². The van der Waals surface area contributed by atoms with Gasteiger partial charge in [0.15, 0.2) is 0 Å². The zero-order valence-corrected chi connectivity index (χ0v) is 20.8. The molecule has 1 aliphatic rings. The Morgan fingerprint density at radius 1 is 1.24 bits per heavy atom. The van der Waals surface area contributed by atoms with Crippen molar-refractivity contribution in [2.24, 2.45) is 0 Å². The molecule has 4 heterocycles. The van der Waals surface area contributed by atoms with Gasteiger partial charge in [-0.3, -0.25) is 9.78 Å². The van der Waals surface area contributed by atoms with Gasteiger partial charge in [0, 0.05) is 18.9 Å². The number of carbonyl (C=O) groups is 2. The summed E-state index contributed by atoms with van der Waals surface area (Å²) in [6, 6.07) is 6.38. The number of halogens is 2. The number of hydrogen-bond donors (Lipinski definition) is 4. The van der Waals surface area contributed by atoms with Crippen LogP contribution < -0.4 is 16.1 Å². The van der Waals surface area contributed by atoms with Crippen molar-refractivity contribution in [2.45, 2.75) is 20.8 Å². The van der Waals surface area contributed by atoms with Crippen molar-refractivity contribution in [1.29, 1.82) is 0 Å². The van der Waals surface area contributed by atoms with E-state index in [9.17, 15) is 14.0 Å². The molecule has 174 valence electrons. The number of aromatic nitrogens is 3. The predicted octanol–water partition coefficient (Wildman–Crippen LogP) is 3.52. The first-order chi connectivity index (χ1) is 15.9. The summed E-state index contributed by atoms with van der Waals surface area (Å²) in [5.74, 6) is -1.58. The summed E-state index contributed by atoms with van der Waals surface area (Å²) in [7, 11) is 0. The summed E-state index contributed by atoms with van der Waals surface area (Å²) >= 11 is 2.12. The molecule has 0 unspecified atom stereocenters. The first kappa shape index (κ1) is 27.8. The molecule has 0 aliphatic carbocycles. The van der Waals surface area contributed by atoms with Crippen molar-refractivity contribution in [3.8, 4) is 0 Å². The number of hydrogen-bond acceptors (Lipinski definition) is 5. The van der Waals surface area contributed by atoms with Crippen molar-refractivity contribution in [3.63, 3.8) is 0 Å². The number of H-pyrrole nitrogens is 1. The standard InChI is InChI=1S/C10H10FN3O.C8H6BIN2O2.C2H6.C2H4/c1-2-12-10(15)8-5-6-7(11)3-4-13-9(6)14-8;10-9-7-5(2-1-3-11-7)4-6(12-9)8(13)14;2*1-2/h3-5H,2H2,1H3,(H,12,15)(H,13,14);1-4,12H,(H,13,14);1-2H3;1-2H2. The Bertz CT molecular complexity index is 1120. The second-order valence-corrected chi connectivity index (χ2v) is 7.19. The normalized spacial score (nSPS) is 11.1. The number of aromatic amines is 1. The molecule has 3 aromatic rings. The second-order valence-electron chi connectivity index (χ2n) is 5.95. The van der Waals surface area contributed by atoms with E-state index < -0.39 is 5.97 Å². The van der Waals surface area contributed by atoms with Gasteiger partial charge in [0.1, 0.15) is 22.9 Å². The number of aliphatic carboxylic acids is 1. The first-order valence-electron chi connectivity index (χ1n) is 10.1. The molecule has 0 saturated carbocycles. The quantitative estimate of drug-likeness (QED) is 0.219. The number of rotatable bonds is 3. The van der Waals surface area contributed by atoms with E-state index in [-0.39, 0.29) is 22.1 Å². The Balaban J connectivity index is 0.000000288. The Labute approximate surface area is 205 Å². The third-order valence-corrected chi connectivity index (χ3v) is 4.89. The maximum Gasteiger partial charge on any atom is 0.379 e. The van der Waals surface area contributed by atoms with Gasteiger partial charge in [-0.2, -0.15) is 0 Å². The lowest BCUT2D eigenvalue weighted by Gasteiger charge is -2.17. The van der Waals surface area contributed by atoms with E-state index in [2.05, 4.69) is 61.0 Å². The van der Waals surface area contributed by atoms with Gasteiger partial charge < -0.3 is 20.6 Å². The number of amides is 1. The molecule has 3 aromatic heterocycles. The van der Waals surface area contributed by atoms with Crippen LogP contribution in [0.2, 0.25) is 0 Å². The molecule has 0 fully saturated rings. The molecule has 4 N–H and O–H groups in total. The maximum absolute atomic E-state index is 13.3. The fourth-order valence-electron chi connectivity index (χ4n) is 2.66. The number of carbonyl (C=O) groups excluding carboxylic acids is 1. The zero-order valence-electron chi connectivity index (χ0n) is 18.7. The lowest BCUT2D eigenvalue weighted by atomic mass is 9.80. The van der Waals surface area contributed by atoms with Crippen LogP contribution in [0.15, 0.2) is 55.5 Å². The molecule has 33 heavy (non-hydrogen) atoms. The van der Waals surface area contributed by atoms with Crippen LogP contribution in [-0.4, -0.2) is 43.2 Å². The summed E-state index contributed by atoms with van der Waals surface area (Å²) < 4.78 is 13.2. The van der Waals surface area contributed by atoms with E-state index >= 15 is 0 Å². The van der Waals surface area contributed by atoms with Gasteiger partial charge in [-0.15, -0.1) is 35.5 Å². The van der Waals surface area contributed by atoms with E-state index in [1.54, 1.807) is 18.3 Å². The Kier molecular flexibility index (Phi) is 11.8. The minimum absolute atomic E-state index is 0.0834. The molecular weight excluding hydrogens is 539 g/mol. The van der Waals surface area contributed by atoms with Gasteiger partial charge in [0.05, 0.1) is 11.0 Å². The minimum atomic E-state index is -0.943. The summed E-state index contributed by atoms with van der Waals surface area (Å²) in [6.07, 6.45) is 4.65. The molecule has 0 spiro atoms. The van der Waals surface area contributed by atoms with Crippen LogP contribution in [0.5, 0.6) is 0 Å². The van der Waals surface area contributed by atoms with Crippen LogP contribution in [-0.2, 0) is 4.79 Å². The monoisotopic (exact) mass is 565 g/mol. The Hall–Kier alpha value is -3.22. The van der Waals surface area contributed by atoms with Crippen LogP contribution >= 0.6 is 22.4 Å². The average molecular weight is 565 g/mol. The third-order valence-electron chi connectivity index (χ3n) is 3.98. The van der Waals surface area contributed by atoms with E-state index in [4.69, 9.17) is 5.11 Å². The Morgan fingerprint density at radius 3 is 2.55 bits per heavy atom. The minimum Gasteiger partial charge on any atom is -0.477 e. The van der Waals surface area contributed by atoms with Crippen molar-refractivity contribution in [3.05, 3.63) is 72.6 Å². The molecule has 1 aliphatic heterocycles. The van der Waals surface area contributed by atoms with E-state index in [1.807, 2.05) is 26.8 Å². The number of nitrogens with zero attached hydrogens (tertiary/aromatic N) is 2. The number of carboxylic acids is 1. The van der Waals surface area contributed by atoms with Crippen molar-refractivity contribution in [2.75, 3.05) is 6.54 Å².